The topological polar surface area (TPSA) is 81.7 Å². The van der Waals surface area contributed by atoms with Crippen LogP contribution in [0.4, 0.5) is 0 Å². The minimum Gasteiger partial charge on any atom is -0.497 e. The normalized spacial score (nSPS) is 22.7. The van der Waals surface area contributed by atoms with E-state index in [1.807, 2.05) is 116 Å². The van der Waals surface area contributed by atoms with E-state index in [-0.39, 0.29) is 42.9 Å². The Bertz CT molecular complexity index is 1940. The Morgan fingerprint density at radius 2 is 1.28 bits per heavy atom. The number of carbonyl (C=O) groups excluding carboxylic acids is 1. The van der Waals surface area contributed by atoms with Gasteiger partial charge in [0.15, 0.2) is 5.78 Å². The second kappa shape index (κ2) is 19.8. The summed E-state index contributed by atoms with van der Waals surface area (Å²) in [5.74, 6) is 1.51. The maximum atomic E-state index is 15.3. The van der Waals surface area contributed by atoms with Gasteiger partial charge in [0, 0.05) is 17.8 Å². The average Bonchev–Trinajstić information content (AvgIpc) is 3.56. The van der Waals surface area contributed by atoms with Gasteiger partial charge in [0.2, 0.25) is 0 Å². The van der Waals surface area contributed by atoms with Crippen LogP contribution >= 0.6 is 0 Å². The Labute approximate surface area is 345 Å². The Balaban J connectivity index is 1.41. The highest BCUT2D eigenvalue weighted by atomic mass is 16.6. The molecule has 0 unspecified atom stereocenters. The number of rotatable bonds is 19. The standard InChI is InChI=1S/C50H60O8/c1-8-46(56-31-38-16-24-42(53-6)25-17-38)50(58-33-36-12-10-9-11-13-36,34-55-30-37-14-22-41(52-5)23-15-37)44-28-20-40-21-29-45(49(40,3)4)48(47(51)35(44)2)57-32-39-18-26-43(54-7)27-19-39/h8-20,22-27,35,44-46,48H,1,21,28-34H2,2-7H3/b40-20-/t35-,44-,45-,46-,48+,50+/m0/s1. The summed E-state index contributed by atoms with van der Waals surface area (Å²) < 4.78 is 43.9. The van der Waals surface area contributed by atoms with Crippen molar-refractivity contribution in [2.45, 2.75) is 84.3 Å². The lowest BCUT2D eigenvalue weighted by molar-refractivity contribution is -0.209. The molecule has 2 aliphatic carbocycles. The molecule has 0 N–H and O–H groups in total. The molecular formula is C50H60O8. The monoisotopic (exact) mass is 788 g/mol. The lowest BCUT2D eigenvalue weighted by Crippen LogP contribution is -2.58. The van der Waals surface area contributed by atoms with E-state index < -0.39 is 23.7 Å². The first-order valence-electron chi connectivity index (χ1n) is 20.3. The molecule has 0 saturated heterocycles. The summed E-state index contributed by atoms with van der Waals surface area (Å²) in [6, 6.07) is 33.6. The lowest BCUT2D eigenvalue weighted by Gasteiger charge is -2.47. The number of methoxy groups -OCH3 is 3. The molecule has 0 amide bonds. The van der Waals surface area contributed by atoms with Crippen LogP contribution in [0, 0.1) is 23.2 Å². The number of hydrogen-bond acceptors (Lipinski definition) is 8. The molecule has 58 heavy (non-hydrogen) atoms. The zero-order valence-electron chi connectivity index (χ0n) is 35.0. The van der Waals surface area contributed by atoms with Crippen LogP contribution in [-0.4, -0.2) is 51.5 Å². The molecule has 1 fully saturated rings. The second-order valence-corrected chi connectivity index (χ2v) is 16.1. The predicted molar refractivity (Wildman–Crippen MR) is 227 cm³/mol. The highest BCUT2D eigenvalue weighted by molar-refractivity contribution is 5.86. The van der Waals surface area contributed by atoms with E-state index in [0.717, 1.165) is 52.3 Å². The molecule has 0 heterocycles. The molecule has 0 aromatic heterocycles. The van der Waals surface area contributed by atoms with Gasteiger partial charge >= 0.3 is 0 Å². The van der Waals surface area contributed by atoms with Crippen molar-refractivity contribution >= 4 is 5.78 Å². The highest BCUT2D eigenvalue weighted by Gasteiger charge is 2.54. The molecular weight excluding hydrogens is 729 g/mol. The fourth-order valence-corrected chi connectivity index (χ4v) is 8.77. The van der Waals surface area contributed by atoms with E-state index in [0.29, 0.717) is 19.6 Å². The molecule has 6 rings (SSSR count). The zero-order chi connectivity index (χ0) is 41.1. The third-order valence-corrected chi connectivity index (χ3v) is 12.4. The third kappa shape index (κ3) is 9.92. The van der Waals surface area contributed by atoms with Gasteiger partial charge in [-0.2, -0.15) is 0 Å². The van der Waals surface area contributed by atoms with E-state index in [1.165, 1.54) is 5.57 Å². The van der Waals surface area contributed by atoms with E-state index in [9.17, 15) is 0 Å². The average molecular weight is 789 g/mol. The second-order valence-electron chi connectivity index (χ2n) is 16.1. The Kier molecular flexibility index (Phi) is 14.6. The van der Waals surface area contributed by atoms with Crippen LogP contribution in [0.15, 0.2) is 127 Å². The minimum atomic E-state index is -1.16. The molecule has 4 aromatic carbocycles. The van der Waals surface area contributed by atoms with Crippen LogP contribution in [0.2, 0.25) is 0 Å². The van der Waals surface area contributed by atoms with Crippen LogP contribution < -0.4 is 14.2 Å². The van der Waals surface area contributed by atoms with Gasteiger partial charge in [-0.25, -0.2) is 0 Å². The van der Waals surface area contributed by atoms with Crippen molar-refractivity contribution in [1.29, 1.82) is 0 Å². The molecule has 0 spiro atoms. The van der Waals surface area contributed by atoms with Crippen molar-refractivity contribution in [2.75, 3.05) is 27.9 Å². The number of benzene rings is 4. The molecule has 2 aliphatic rings. The maximum absolute atomic E-state index is 15.3. The first-order valence-corrected chi connectivity index (χ1v) is 20.3. The SMILES string of the molecule is C=C[C@H](OCc1ccc(OC)cc1)[C@](COCc1ccc(OC)cc1)(OCc1ccccc1)[C@H]1C/C=C2/CC[C@@H]([C@@H](OCc3ccc(OC)cc3)C(=O)[C@H]1C)C2(C)C. The smallest absolute Gasteiger partial charge is 0.165 e. The summed E-state index contributed by atoms with van der Waals surface area (Å²) in [5, 5.41) is 0. The van der Waals surface area contributed by atoms with Gasteiger partial charge in [-0.05, 0) is 83.3 Å². The number of Topliss-reactive ketones (excluding diaryl/α,β-unsaturated/α-hetero) is 1. The van der Waals surface area contributed by atoms with E-state index in [4.69, 9.17) is 33.2 Å². The van der Waals surface area contributed by atoms with Crippen molar-refractivity contribution in [3.05, 3.63) is 150 Å². The van der Waals surface area contributed by atoms with Gasteiger partial charge in [0.25, 0.3) is 0 Å². The van der Waals surface area contributed by atoms with Crippen molar-refractivity contribution in [3.63, 3.8) is 0 Å². The number of allylic oxidation sites excluding steroid dienone is 2. The van der Waals surface area contributed by atoms with Gasteiger partial charge in [0.1, 0.15) is 35.1 Å². The molecule has 2 bridgehead atoms. The van der Waals surface area contributed by atoms with Crippen LogP contribution in [0.5, 0.6) is 17.2 Å². The number of fused-ring (bicyclic) bond motifs is 2. The van der Waals surface area contributed by atoms with Gasteiger partial charge < -0.3 is 33.2 Å². The Hall–Kier alpha value is -4.73. The summed E-state index contributed by atoms with van der Waals surface area (Å²) in [7, 11) is 4.96. The fraction of sp³-hybridized carbons (Fsp3) is 0.420. The number of ketones is 1. The van der Waals surface area contributed by atoms with Gasteiger partial charge in [-0.3, -0.25) is 4.79 Å². The lowest BCUT2D eigenvalue weighted by atomic mass is 9.70. The molecule has 0 radical (unpaired) electrons. The number of ether oxygens (including phenoxy) is 7. The molecule has 4 aromatic rings. The van der Waals surface area contributed by atoms with Crippen LogP contribution in [-0.2, 0) is 50.2 Å². The van der Waals surface area contributed by atoms with Crippen molar-refractivity contribution in [3.8, 4) is 17.2 Å². The first-order chi connectivity index (χ1) is 28.1. The van der Waals surface area contributed by atoms with Gasteiger partial charge in [0.05, 0.1) is 54.4 Å². The number of hydrogen-bond donors (Lipinski definition) is 0. The quantitative estimate of drug-likeness (QED) is 0.0869. The summed E-state index contributed by atoms with van der Waals surface area (Å²) in [6.45, 7) is 12.2. The van der Waals surface area contributed by atoms with Crippen molar-refractivity contribution in [2.24, 2.45) is 23.2 Å². The summed E-state index contributed by atoms with van der Waals surface area (Å²) in [5.41, 5.74) is 3.88. The van der Waals surface area contributed by atoms with E-state index >= 15 is 4.79 Å². The highest BCUT2D eigenvalue weighted by Crippen LogP contribution is 2.52. The van der Waals surface area contributed by atoms with Crippen molar-refractivity contribution < 1.29 is 38.0 Å². The summed E-state index contributed by atoms with van der Waals surface area (Å²) >= 11 is 0. The molecule has 308 valence electrons. The number of carbonyl (C=O) groups is 1. The van der Waals surface area contributed by atoms with Crippen LogP contribution in [0.1, 0.15) is 62.3 Å². The largest absolute Gasteiger partial charge is 0.497 e. The van der Waals surface area contributed by atoms with E-state index in [1.54, 1.807) is 21.3 Å². The molecule has 8 heteroatoms. The van der Waals surface area contributed by atoms with Crippen LogP contribution in [0.3, 0.4) is 0 Å². The van der Waals surface area contributed by atoms with Crippen LogP contribution in [0.25, 0.3) is 0 Å². The summed E-state index contributed by atoms with van der Waals surface area (Å²) in [6.07, 6.45) is 5.25. The maximum Gasteiger partial charge on any atom is 0.165 e. The molecule has 8 nitrogen and oxygen atoms in total. The minimum absolute atomic E-state index is 0.0122. The Morgan fingerprint density at radius 3 is 1.83 bits per heavy atom. The molecule has 0 aliphatic heterocycles. The first kappa shape index (κ1) is 42.9. The van der Waals surface area contributed by atoms with Crippen molar-refractivity contribution in [1.82, 2.24) is 0 Å². The van der Waals surface area contributed by atoms with E-state index in [2.05, 4.69) is 26.5 Å². The Morgan fingerprint density at radius 1 is 0.741 bits per heavy atom. The molecule has 6 atom stereocenters. The third-order valence-electron chi connectivity index (χ3n) is 12.4. The zero-order valence-corrected chi connectivity index (χ0v) is 35.0. The molecule has 1 saturated carbocycles. The fourth-order valence-electron chi connectivity index (χ4n) is 8.77. The van der Waals surface area contributed by atoms with Gasteiger partial charge in [-0.1, -0.05) is 105 Å². The summed E-state index contributed by atoms with van der Waals surface area (Å²) in [4.78, 5) is 15.3. The predicted octanol–water partition coefficient (Wildman–Crippen LogP) is 10.1. The van der Waals surface area contributed by atoms with Gasteiger partial charge in [-0.15, -0.1) is 6.58 Å².